The number of aromatic carboxylic acids is 1. The standard InChI is InChI=1S/C18H21NO5/c1-11(20)24-19-10-15-14(16-8-9-17(15)23-16)7-4-12-2-5-13(6-3-12)18(21)22/h2-3,5-6,10,14-17H,4,7-9H2,1H3,(H,21,22)/b19-10+. The molecule has 2 aliphatic rings. The van der Waals surface area contributed by atoms with Gasteiger partial charge in [0, 0.05) is 12.8 Å². The number of ether oxygens (including phenoxy) is 1. The van der Waals surface area contributed by atoms with Crippen LogP contribution in [-0.2, 0) is 20.8 Å². The van der Waals surface area contributed by atoms with Gasteiger partial charge in [0.05, 0.1) is 24.0 Å². The van der Waals surface area contributed by atoms with Crippen LogP contribution in [0.15, 0.2) is 29.4 Å². The maximum Gasteiger partial charge on any atom is 0.335 e. The molecule has 1 N–H and O–H groups in total. The predicted octanol–water partition coefficient (Wildman–Crippen LogP) is 2.66. The Morgan fingerprint density at radius 2 is 2.00 bits per heavy atom. The Morgan fingerprint density at radius 3 is 2.67 bits per heavy atom. The molecule has 0 spiro atoms. The van der Waals surface area contributed by atoms with Gasteiger partial charge in [-0.05, 0) is 49.3 Å². The average Bonchev–Trinajstić information content (AvgIpc) is 3.14. The Hall–Kier alpha value is -2.21. The van der Waals surface area contributed by atoms with E-state index in [0.29, 0.717) is 11.5 Å². The molecule has 0 saturated carbocycles. The quantitative estimate of drug-likeness (QED) is 0.492. The van der Waals surface area contributed by atoms with Crippen molar-refractivity contribution in [1.82, 2.24) is 0 Å². The monoisotopic (exact) mass is 331 g/mol. The number of benzene rings is 1. The van der Waals surface area contributed by atoms with E-state index in [9.17, 15) is 9.59 Å². The molecule has 2 aliphatic heterocycles. The molecule has 24 heavy (non-hydrogen) atoms. The molecule has 0 aromatic heterocycles. The van der Waals surface area contributed by atoms with Crippen molar-refractivity contribution in [2.45, 2.75) is 44.8 Å². The first-order chi connectivity index (χ1) is 11.5. The number of carbonyl (C=O) groups excluding carboxylic acids is 1. The lowest BCUT2D eigenvalue weighted by atomic mass is 9.77. The molecule has 3 rings (SSSR count). The van der Waals surface area contributed by atoms with Gasteiger partial charge in [-0.1, -0.05) is 17.3 Å². The molecule has 6 heteroatoms. The number of carbonyl (C=O) groups is 2. The Morgan fingerprint density at radius 1 is 1.29 bits per heavy atom. The summed E-state index contributed by atoms with van der Waals surface area (Å²) in [6.45, 7) is 1.33. The van der Waals surface area contributed by atoms with Gasteiger partial charge in [0.1, 0.15) is 0 Å². The van der Waals surface area contributed by atoms with Crippen molar-refractivity contribution in [2.75, 3.05) is 0 Å². The first-order valence-corrected chi connectivity index (χ1v) is 8.23. The van der Waals surface area contributed by atoms with Crippen molar-refractivity contribution in [2.24, 2.45) is 17.0 Å². The second-order valence-corrected chi connectivity index (χ2v) is 6.41. The van der Waals surface area contributed by atoms with Gasteiger partial charge in [0.25, 0.3) is 0 Å². The fraction of sp³-hybridized carbons (Fsp3) is 0.500. The highest BCUT2D eigenvalue weighted by atomic mass is 16.7. The van der Waals surface area contributed by atoms with Crippen LogP contribution in [0.5, 0.6) is 0 Å². The molecule has 1 aromatic carbocycles. The summed E-state index contributed by atoms with van der Waals surface area (Å²) < 4.78 is 5.98. The number of hydrogen-bond donors (Lipinski definition) is 1. The zero-order valence-electron chi connectivity index (χ0n) is 13.6. The summed E-state index contributed by atoms with van der Waals surface area (Å²) in [5.41, 5.74) is 1.41. The normalized spacial score (nSPS) is 28.4. The molecular weight excluding hydrogens is 310 g/mol. The molecular formula is C18H21NO5. The van der Waals surface area contributed by atoms with Crippen molar-refractivity contribution < 1.29 is 24.3 Å². The molecule has 2 heterocycles. The molecule has 2 fully saturated rings. The topological polar surface area (TPSA) is 85.2 Å². The number of carboxylic acid groups (broad SMARTS) is 1. The van der Waals surface area contributed by atoms with Crippen LogP contribution < -0.4 is 0 Å². The molecule has 128 valence electrons. The summed E-state index contributed by atoms with van der Waals surface area (Å²) in [7, 11) is 0. The molecule has 0 amide bonds. The zero-order valence-corrected chi connectivity index (χ0v) is 13.6. The number of carboxylic acids is 1. The zero-order chi connectivity index (χ0) is 17.1. The lowest BCUT2D eigenvalue weighted by molar-refractivity contribution is -0.140. The fourth-order valence-electron chi connectivity index (χ4n) is 3.72. The second kappa shape index (κ2) is 7.13. The van der Waals surface area contributed by atoms with Crippen LogP contribution in [0.1, 0.15) is 42.1 Å². The summed E-state index contributed by atoms with van der Waals surface area (Å²) in [6.07, 6.45) is 5.98. The minimum Gasteiger partial charge on any atom is -0.478 e. The van der Waals surface area contributed by atoms with Gasteiger partial charge in [-0.15, -0.1) is 0 Å². The number of fused-ring (bicyclic) bond motifs is 2. The van der Waals surface area contributed by atoms with Crippen molar-refractivity contribution >= 4 is 18.2 Å². The summed E-state index contributed by atoms with van der Waals surface area (Å²) >= 11 is 0. The highest BCUT2D eigenvalue weighted by molar-refractivity contribution is 5.87. The number of rotatable bonds is 6. The largest absolute Gasteiger partial charge is 0.478 e. The third-order valence-electron chi connectivity index (χ3n) is 4.87. The summed E-state index contributed by atoms with van der Waals surface area (Å²) in [5.74, 6) is -0.821. The van der Waals surface area contributed by atoms with E-state index < -0.39 is 11.9 Å². The van der Waals surface area contributed by atoms with Crippen LogP contribution in [0.4, 0.5) is 0 Å². The Bertz CT molecular complexity index is 639. The van der Waals surface area contributed by atoms with E-state index in [4.69, 9.17) is 9.84 Å². The lowest BCUT2D eigenvalue weighted by Gasteiger charge is -2.24. The summed E-state index contributed by atoms with van der Waals surface area (Å²) in [6, 6.07) is 6.99. The molecule has 0 radical (unpaired) electrons. The third kappa shape index (κ3) is 3.64. The maximum atomic E-state index is 10.9. The van der Waals surface area contributed by atoms with Gasteiger partial charge in [-0.25, -0.2) is 9.59 Å². The molecule has 2 bridgehead atoms. The minimum atomic E-state index is -0.912. The van der Waals surface area contributed by atoms with Gasteiger partial charge in [-0.3, -0.25) is 0 Å². The van der Waals surface area contributed by atoms with Crippen LogP contribution >= 0.6 is 0 Å². The van der Waals surface area contributed by atoms with E-state index in [-0.39, 0.29) is 18.1 Å². The molecule has 1 aromatic rings. The van der Waals surface area contributed by atoms with Gasteiger partial charge >= 0.3 is 11.9 Å². The number of aryl methyl sites for hydroxylation is 1. The highest BCUT2D eigenvalue weighted by Crippen LogP contribution is 2.44. The molecule has 4 atom stereocenters. The van der Waals surface area contributed by atoms with E-state index in [1.54, 1.807) is 18.3 Å². The van der Waals surface area contributed by atoms with Gasteiger partial charge in [-0.2, -0.15) is 0 Å². The number of hydrogen-bond acceptors (Lipinski definition) is 5. The van der Waals surface area contributed by atoms with Crippen LogP contribution in [-0.4, -0.2) is 35.5 Å². The number of nitrogens with zero attached hydrogens (tertiary/aromatic N) is 1. The highest BCUT2D eigenvalue weighted by Gasteiger charge is 2.47. The van der Waals surface area contributed by atoms with Crippen molar-refractivity contribution in [3.63, 3.8) is 0 Å². The van der Waals surface area contributed by atoms with Crippen LogP contribution in [0.25, 0.3) is 0 Å². The molecule has 2 saturated heterocycles. The first kappa shape index (κ1) is 16.6. The Balaban J connectivity index is 1.61. The molecule has 4 unspecified atom stereocenters. The fourth-order valence-corrected chi connectivity index (χ4v) is 3.72. The Labute approximate surface area is 140 Å². The Kier molecular flexibility index (Phi) is 4.94. The SMILES string of the molecule is CC(=O)O/N=C/C1C2CCC(O2)C1CCc1ccc(C(=O)O)cc1. The van der Waals surface area contributed by atoms with Crippen molar-refractivity contribution in [3.05, 3.63) is 35.4 Å². The summed E-state index contributed by atoms with van der Waals surface area (Å²) in [5, 5.41) is 12.7. The smallest absolute Gasteiger partial charge is 0.335 e. The van der Waals surface area contributed by atoms with Crippen LogP contribution in [0, 0.1) is 11.8 Å². The van der Waals surface area contributed by atoms with Gasteiger partial charge in [0.2, 0.25) is 0 Å². The van der Waals surface area contributed by atoms with Crippen LogP contribution in [0.3, 0.4) is 0 Å². The third-order valence-corrected chi connectivity index (χ3v) is 4.87. The van der Waals surface area contributed by atoms with Crippen molar-refractivity contribution in [1.29, 1.82) is 0 Å². The van der Waals surface area contributed by atoms with Gasteiger partial charge in [0.15, 0.2) is 0 Å². The average molecular weight is 331 g/mol. The minimum absolute atomic E-state index is 0.161. The molecule has 6 nitrogen and oxygen atoms in total. The second-order valence-electron chi connectivity index (χ2n) is 6.41. The van der Waals surface area contributed by atoms with E-state index in [1.165, 1.54) is 6.92 Å². The van der Waals surface area contributed by atoms with E-state index >= 15 is 0 Å². The maximum absolute atomic E-state index is 10.9. The van der Waals surface area contributed by atoms with E-state index in [1.807, 2.05) is 12.1 Å². The summed E-state index contributed by atoms with van der Waals surface area (Å²) in [4.78, 5) is 26.4. The lowest BCUT2D eigenvalue weighted by Crippen LogP contribution is -2.28. The predicted molar refractivity (Wildman–Crippen MR) is 86.9 cm³/mol. The molecule has 0 aliphatic carbocycles. The van der Waals surface area contributed by atoms with E-state index in [2.05, 4.69) is 9.99 Å². The van der Waals surface area contributed by atoms with Gasteiger partial charge < -0.3 is 14.7 Å². The van der Waals surface area contributed by atoms with Crippen LogP contribution in [0.2, 0.25) is 0 Å². The number of oxime groups is 1. The first-order valence-electron chi connectivity index (χ1n) is 8.23. The van der Waals surface area contributed by atoms with Crippen molar-refractivity contribution in [3.8, 4) is 0 Å². The van der Waals surface area contributed by atoms with E-state index in [0.717, 1.165) is 31.2 Å².